The van der Waals surface area contributed by atoms with Crippen LogP contribution < -0.4 is 0 Å². The predicted molar refractivity (Wildman–Crippen MR) is 40.0 cm³/mol. The van der Waals surface area contributed by atoms with Gasteiger partial charge in [-0.2, -0.15) is 0 Å². The van der Waals surface area contributed by atoms with E-state index in [4.69, 9.17) is 0 Å². The Kier molecular flexibility index (Phi) is 2.56. The summed E-state index contributed by atoms with van der Waals surface area (Å²) < 4.78 is 0. The Labute approximate surface area is 57.3 Å². The van der Waals surface area contributed by atoms with E-state index >= 15 is 0 Å². The van der Waals surface area contributed by atoms with E-state index in [1.165, 1.54) is 18.4 Å². The molecule has 9 heavy (non-hydrogen) atoms. The Morgan fingerprint density at radius 1 is 1.67 bits per heavy atom. The molecule has 0 unspecified atom stereocenters. The molecule has 1 radical (unpaired) electrons. The number of hydrogen-bond donors (Lipinski definition) is 0. The highest BCUT2D eigenvalue weighted by atomic mass is 14.0. The third-order valence-electron chi connectivity index (χ3n) is 1.60. The molecule has 0 heteroatoms. The molecule has 0 aromatic heterocycles. The summed E-state index contributed by atoms with van der Waals surface area (Å²) in [6, 6.07) is 0. The van der Waals surface area contributed by atoms with E-state index < -0.39 is 0 Å². The Morgan fingerprint density at radius 2 is 2.56 bits per heavy atom. The number of hydrogen-bond acceptors (Lipinski definition) is 0. The molecule has 1 rings (SSSR count). The summed E-state index contributed by atoms with van der Waals surface area (Å²) >= 11 is 0. The highest BCUT2D eigenvalue weighted by Crippen LogP contribution is 2.11. The van der Waals surface area contributed by atoms with Crippen LogP contribution in [0.15, 0.2) is 17.7 Å². The molecule has 0 nitrogen and oxygen atoms in total. The van der Waals surface area contributed by atoms with Crippen molar-refractivity contribution in [2.24, 2.45) is 0 Å². The first-order chi connectivity index (χ1) is 4.43. The molecule has 0 aliphatic heterocycles. The zero-order chi connectivity index (χ0) is 6.53. The topological polar surface area (TPSA) is 0 Å². The summed E-state index contributed by atoms with van der Waals surface area (Å²) in [5.41, 5.74) is 1.38. The standard InChI is InChI=1S/C9H13/c1-2-9-7-5-3-4-6-8-9/h5,7H,2-4,6H2,1H3. The third kappa shape index (κ3) is 2.05. The lowest BCUT2D eigenvalue weighted by Gasteiger charge is -1.90. The maximum absolute atomic E-state index is 3.36. The van der Waals surface area contributed by atoms with E-state index in [0.717, 1.165) is 12.8 Å². The molecule has 0 aromatic rings. The lowest BCUT2D eigenvalue weighted by Crippen LogP contribution is -1.71. The molecule has 1 aliphatic carbocycles. The van der Waals surface area contributed by atoms with Gasteiger partial charge in [-0.15, -0.1) is 0 Å². The molecule has 0 saturated carbocycles. The first-order valence-electron chi connectivity index (χ1n) is 3.69. The lowest BCUT2D eigenvalue weighted by atomic mass is 10.2. The van der Waals surface area contributed by atoms with Gasteiger partial charge >= 0.3 is 0 Å². The Balaban J connectivity index is 2.53. The minimum absolute atomic E-state index is 1.14. The van der Waals surface area contributed by atoms with Crippen molar-refractivity contribution in [1.82, 2.24) is 0 Å². The van der Waals surface area contributed by atoms with Gasteiger partial charge in [0.15, 0.2) is 0 Å². The van der Waals surface area contributed by atoms with Crippen LogP contribution in [0.25, 0.3) is 0 Å². The quantitative estimate of drug-likeness (QED) is 0.500. The van der Waals surface area contributed by atoms with Crippen LogP contribution in [0.5, 0.6) is 0 Å². The van der Waals surface area contributed by atoms with Gasteiger partial charge in [-0.1, -0.05) is 19.1 Å². The van der Waals surface area contributed by atoms with Crippen molar-refractivity contribution in [2.75, 3.05) is 0 Å². The van der Waals surface area contributed by atoms with Crippen LogP contribution in [0, 0.1) is 6.08 Å². The van der Waals surface area contributed by atoms with E-state index in [9.17, 15) is 0 Å². The SMILES string of the molecule is CCC1=[C]CCCC=C1. The monoisotopic (exact) mass is 121 g/mol. The molecule has 0 saturated heterocycles. The van der Waals surface area contributed by atoms with E-state index in [0.29, 0.717) is 0 Å². The molecule has 0 heterocycles. The second-order valence-electron chi connectivity index (χ2n) is 2.35. The van der Waals surface area contributed by atoms with E-state index in [-0.39, 0.29) is 0 Å². The van der Waals surface area contributed by atoms with Gasteiger partial charge in [0.1, 0.15) is 0 Å². The molecule has 0 amide bonds. The largest absolute Gasteiger partial charge is 0.0842 e. The van der Waals surface area contributed by atoms with Crippen molar-refractivity contribution in [3.8, 4) is 0 Å². The van der Waals surface area contributed by atoms with Crippen molar-refractivity contribution in [3.63, 3.8) is 0 Å². The highest BCUT2D eigenvalue weighted by molar-refractivity contribution is 5.16. The number of allylic oxidation sites excluding steroid dienone is 4. The summed E-state index contributed by atoms with van der Waals surface area (Å²) in [6.07, 6.45) is 12.6. The van der Waals surface area contributed by atoms with Gasteiger partial charge in [-0.3, -0.25) is 0 Å². The second-order valence-corrected chi connectivity index (χ2v) is 2.35. The summed E-state index contributed by atoms with van der Waals surface area (Å²) in [6.45, 7) is 2.18. The van der Waals surface area contributed by atoms with Gasteiger partial charge in [0.25, 0.3) is 0 Å². The van der Waals surface area contributed by atoms with Crippen molar-refractivity contribution in [2.45, 2.75) is 32.6 Å². The maximum atomic E-state index is 3.36. The van der Waals surface area contributed by atoms with Gasteiger partial charge in [0.2, 0.25) is 0 Å². The number of rotatable bonds is 1. The zero-order valence-corrected chi connectivity index (χ0v) is 5.98. The average molecular weight is 121 g/mol. The molecule has 0 spiro atoms. The fraction of sp³-hybridized carbons (Fsp3) is 0.556. The Hall–Kier alpha value is -0.520. The van der Waals surface area contributed by atoms with Crippen LogP contribution >= 0.6 is 0 Å². The summed E-state index contributed by atoms with van der Waals surface area (Å²) in [5, 5.41) is 0. The Bertz CT molecular complexity index is 129. The minimum Gasteiger partial charge on any atom is -0.0842 e. The molecule has 0 bridgehead atoms. The van der Waals surface area contributed by atoms with Crippen molar-refractivity contribution < 1.29 is 0 Å². The smallest absolute Gasteiger partial charge is 0.0270 e. The second kappa shape index (κ2) is 3.49. The molecule has 0 aromatic carbocycles. The molecule has 0 fully saturated rings. The van der Waals surface area contributed by atoms with Gasteiger partial charge in [-0.05, 0) is 37.3 Å². The Morgan fingerprint density at radius 3 is 3.33 bits per heavy atom. The van der Waals surface area contributed by atoms with Crippen LogP contribution in [-0.4, -0.2) is 0 Å². The fourth-order valence-corrected chi connectivity index (χ4v) is 0.996. The van der Waals surface area contributed by atoms with E-state index in [1.54, 1.807) is 0 Å². The maximum Gasteiger partial charge on any atom is -0.0270 e. The molecule has 0 N–H and O–H groups in total. The van der Waals surface area contributed by atoms with Gasteiger partial charge < -0.3 is 0 Å². The molecule has 1 aliphatic rings. The van der Waals surface area contributed by atoms with Gasteiger partial charge in [0, 0.05) is 0 Å². The first kappa shape index (κ1) is 6.60. The minimum atomic E-state index is 1.14. The third-order valence-corrected chi connectivity index (χ3v) is 1.60. The van der Waals surface area contributed by atoms with Gasteiger partial charge in [-0.25, -0.2) is 0 Å². The molecule has 0 atom stereocenters. The van der Waals surface area contributed by atoms with Crippen molar-refractivity contribution in [1.29, 1.82) is 0 Å². The van der Waals surface area contributed by atoms with Crippen molar-refractivity contribution in [3.05, 3.63) is 23.8 Å². The molecule has 49 valence electrons. The van der Waals surface area contributed by atoms with Crippen LogP contribution in [0.3, 0.4) is 0 Å². The van der Waals surface area contributed by atoms with Crippen LogP contribution in [0.4, 0.5) is 0 Å². The molecular formula is C9H13. The average Bonchev–Trinajstić information content (AvgIpc) is 2.13. The summed E-state index contributed by atoms with van der Waals surface area (Å²) in [4.78, 5) is 0. The van der Waals surface area contributed by atoms with Crippen molar-refractivity contribution >= 4 is 0 Å². The summed E-state index contributed by atoms with van der Waals surface area (Å²) in [7, 11) is 0. The zero-order valence-electron chi connectivity index (χ0n) is 5.98. The summed E-state index contributed by atoms with van der Waals surface area (Å²) in [5.74, 6) is 0. The predicted octanol–water partition coefficient (Wildman–Crippen LogP) is 2.87. The first-order valence-corrected chi connectivity index (χ1v) is 3.69. The van der Waals surface area contributed by atoms with Crippen LogP contribution in [0.1, 0.15) is 32.6 Å². The highest BCUT2D eigenvalue weighted by Gasteiger charge is 1.92. The van der Waals surface area contributed by atoms with Gasteiger partial charge in [0.05, 0.1) is 0 Å². The van der Waals surface area contributed by atoms with Crippen LogP contribution in [-0.2, 0) is 0 Å². The molecular weight excluding hydrogens is 108 g/mol. The fourth-order valence-electron chi connectivity index (χ4n) is 0.996. The van der Waals surface area contributed by atoms with E-state index in [2.05, 4.69) is 25.2 Å². The normalized spacial score (nSPS) is 19.0. The lowest BCUT2D eigenvalue weighted by molar-refractivity contribution is 0.858. The van der Waals surface area contributed by atoms with Crippen LogP contribution in [0.2, 0.25) is 0 Å². The van der Waals surface area contributed by atoms with E-state index in [1.807, 2.05) is 0 Å².